The minimum absolute atomic E-state index is 0. The quantitative estimate of drug-likeness (QED) is 0.405. The smallest absolute Gasteiger partial charge is 0.264 e. The fourth-order valence-corrected chi connectivity index (χ4v) is 4.87. The van der Waals surface area contributed by atoms with Crippen LogP contribution in [0.1, 0.15) is 32.1 Å². The maximum Gasteiger partial charge on any atom is 0.264 e. The number of anilines is 2. The van der Waals surface area contributed by atoms with Crippen LogP contribution in [0.15, 0.2) is 29.1 Å². The van der Waals surface area contributed by atoms with E-state index in [4.69, 9.17) is 0 Å². The monoisotopic (exact) mass is 449 g/mol. The highest BCUT2D eigenvalue weighted by atomic mass is 35.5. The number of halogens is 1. The van der Waals surface area contributed by atoms with Gasteiger partial charge in [-0.3, -0.25) is 9.78 Å². The lowest BCUT2D eigenvalue weighted by molar-refractivity contribution is 0.0391. The van der Waals surface area contributed by atoms with Crippen LogP contribution in [0.5, 0.6) is 0 Å². The maximum atomic E-state index is 13.0. The lowest BCUT2D eigenvalue weighted by Gasteiger charge is -2.27. The van der Waals surface area contributed by atoms with Gasteiger partial charge >= 0.3 is 0 Å². The van der Waals surface area contributed by atoms with Crippen LogP contribution in [-0.4, -0.2) is 49.5 Å². The highest BCUT2D eigenvalue weighted by molar-refractivity contribution is 7.21. The van der Waals surface area contributed by atoms with Crippen LogP contribution in [-0.2, 0) is 0 Å². The van der Waals surface area contributed by atoms with Crippen LogP contribution < -0.4 is 16.2 Å². The molecule has 8 nitrogen and oxygen atoms in total. The van der Waals surface area contributed by atoms with Gasteiger partial charge in [0.25, 0.3) is 5.56 Å². The van der Waals surface area contributed by atoms with Crippen molar-refractivity contribution in [1.29, 1.82) is 0 Å². The lowest BCUT2D eigenvalue weighted by Crippen LogP contribution is -2.35. The standard InChI is InChI=1S/C20H23N5O3S.ClH/c26-13-9-8-12(16(13)27)22-17-15(19-23-11-6-1-2-7-14(11)29-19)18(28)25-20(24-17)21-10-4-3-5-10;/h1-2,6-7,10,12-13,16,26-27H,3-5,8-9H2,(H3,21,22,24,25,28);1H/t12-,13-,16+;/m1./s1. The molecule has 1 aromatic carbocycles. The molecule has 0 radical (unpaired) electrons. The first-order chi connectivity index (χ1) is 14.1. The van der Waals surface area contributed by atoms with Gasteiger partial charge in [0, 0.05) is 6.04 Å². The minimum Gasteiger partial charge on any atom is -0.390 e. The molecule has 2 aliphatic carbocycles. The Morgan fingerprint density at radius 1 is 1.07 bits per heavy atom. The van der Waals surface area contributed by atoms with E-state index in [2.05, 4.69) is 25.6 Å². The second kappa shape index (κ2) is 8.50. The summed E-state index contributed by atoms with van der Waals surface area (Å²) >= 11 is 1.43. The molecule has 0 saturated heterocycles. The Morgan fingerprint density at radius 2 is 1.87 bits per heavy atom. The molecule has 5 rings (SSSR count). The van der Waals surface area contributed by atoms with Crippen molar-refractivity contribution in [2.45, 2.75) is 56.4 Å². The van der Waals surface area contributed by atoms with Gasteiger partial charge in [-0.05, 0) is 44.2 Å². The first-order valence-corrected chi connectivity index (χ1v) is 10.8. The number of H-pyrrole nitrogens is 1. The van der Waals surface area contributed by atoms with Crippen LogP contribution in [0.2, 0.25) is 0 Å². The summed E-state index contributed by atoms with van der Waals surface area (Å²) in [6, 6.07) is 7.67. The number of aromatic nitrogens is 3. The van der Waals surface area contributed by atoms with Gasteiger partial charge in [-0.2, -0.15) is 4.98 Å². The fraction of sp³-hybridized carbons (Fsp3) is 0.450. The van der Waals surface area contributed by atoms with Gasteiger partial charge in [0.05, 0.1) is 28.5 Å². The van der Waals surface area contributed by atoms with Crippen molar-refractivity contribution in [3.8, 4) is 10.6 Å². The van der Waals surface area contributed by atoms with Crippen LogP contribution in [0.3, 0.4) is 0 Å². The number of hydrogen-bond acceptors (Lipinski definition) is 8. The summed E-state index contributed by atoms with van der Waals surface area (Å²) < 4.78 is 0.987. The largest absolute Gasteiger partial charge is 0.390 e. The third-order valence-corrected chi connectivity index (χ3v) is 6.83. The summed E-state index contributed by atoms with van der Waals surface area (Å²) in [4.78, 5) is 25.1. The van der Waals surface area contributed by atoms with E-state index < -0.39 is 12.2 Å². The molecule has 30 heavy (non-hydrogen) atoms. The second-order valence-corrected chi connectivity index (χ2v) is 8.81. The Hall–Kier alpha value is -2.20. The van der Waals surface area contributed by atoms with Crippen molar-refractivity contribution >= 4 is 45.7 Å². The summed E-state index contributed by atoms with van der Waals surface area (Å²) in [6.45, 7) is 0. The number of aliphatic hydroxyl groups excluding tert-OH is 2. The van der Waals surface area contributed by atoms with Crippen LogP contribution in [0.25, 0.3) is 20.8 Å². The summed E-state index contributed by atoms with van der Waals surface area (Å²) in [5, 5.41) is 27.2. The van der Waals surface area contributed by atoms with E-state index in [0.717, 1.165) is 23.1 Å². The molecular weight excluding hydrogens is 426 g/mol. The summed E-state index contributed by atoms with van der Waals surface area (Å²) in [6.07, 6.45) is 2.71. The molecule has 0 amide bonds. The Labute approximate surface area is 183 Å². The molecule has 2 saturated carbocycles. The van der Waals surface area contributed by atoms with Crippen LogP contribution in [0.4, 0.5) is 11.8 Å². The van der Waals surface area contributed by atoms with Gasteiger partial charge in [-0.15, -0.1) is 23.7 Å². The van der Waals surface area contributed by atoms with Crippen molar-refractivity contribution in [2.75, 3.05) is 10.6 Å². The Kier molecular flexibility index (Phi) is 5.97. The highest BCUT2D eigenvalue weighted by Gasteiger charge is 2.34. The predicted molar refractivity (Wildman–Crippen MR) is 121 cm³/mol. The van der Waals surface area contributed by atoms with Gasteiger partial charge < -0.3 is 20.8 Å². The van der Waals surface area contributed by atoms with E-state index in [1.54, 1.807) is 0 Å². The van der Waals surface area contributed by atoms with E-state index >= 15 is 0 Å². The minimum atomic E-state index is -0.901. The molecule has 0 unspecified atom stereocenters. The predicted octanol–water partition coefficient (Wildman–Crippen LogP) is 2.73. The van der Waals surface area contributed by atoms with E-state index in [0.29, 0.717) is 41.2 Å². The van der Waals surface area contributed by atoms with Gasteiger partial charge in [0.15, 0.2) is 0 Å². The third-order valence-electron chi connectivity index (χ3n) is 5.78. The number of aliphatic hydroxyl groups is 2. The second-order valence-electron chi connectivity index (χ2n) is 7.78. The fourth-order valence-electron chi connectivity index (χ4n) is 3.86. The van der Waals surface area contributed by atoms with Crippen LogP contribution >= 0.6 is 23.7 Å². The number of para-hydroxylation sites is 1. The number of rotatable bonds is 5. The van der Waals surface area contributed by atoms with E-state index in [1.807, 2.05) is 24.3 Å². The van der Waals surface area contributed by atoms with Crippen molar-refractivity contribution in [2.24, 2.45) is 0 Å². The highest BCUT2D eigenvalue weighted by Crippen LogP contribution is 2.33. The van der Waals surface area contributed by atoms with Crippen molar-refractivity contribution < 1.29 is 10.2 Å². The topological polar surface area (TPSA) is 123 Å². The molecule has 2 aliphatic rings. The van der Waals surface area contributed by atoms with Crippen molar-refractivity contribution in [3.05, 3.63) is 34.6 Å². The number of hydrogen-bond donors (Lipinski definition) is 5. The van der Waals surface area contributed by atoms with E-state index in [1.165, 1.54) is 17.8 Å². The average Bonchev–Trinajstić information content (AvgIpc) is 3.23. The van der Waals surface area contributed by atoms with Gasteiger partial charge in [-0.25, -0.2) is 4.98 Å². The molecule has 5 N–H and O–H groups in total. The lowest BCUT2D eigenvalue weighted by atomic mass is 9.93. The zero-order valence-corrected chi connectivity index (χ0v) is 17.8. The van der Waals surface area contributed by atoms with Gasteiger partial charge in [0.2, 0.25) is 5.95 Å². The molecule has 0 bridgehead atoms. The Bertz CT molecular complexity index is 1070. The first kappa shape index (κ1) is 21.0. The van der Waals surface area contributed by atoms with Crippen molar-refractivity contribution in [3.63, 3.8) is 0 Å². The van der Waals surface area contributed by atoms with E-state index in [-0.39, 0.29) is 24.0 Å². The van der Waals surface area contributed by atoms with Crippen molar-refractivity contribution in [1.82, 2.24) is 15.0 Å². The molecule has 2 heterocycles. The normalized spacial score (nSPS) is 23.7. The SMILES string of the molecule is Cl.O=c1[nH]c(NC2CCC2)nc(N[C@@H]2CC[C@@H](O)[C@H]2O)c1-c1nc2ccccc2s1. The van der Waals surface area contributed by atoms with Gasteiger partial charge in [0.1, 0.15) is 16.4 Å². The number of nitrogens with zero attached hydrogens (tertiary/aromatic N) is 2. The molecule has 10 heteroatoms. The Morgan fingerprint density at radius 3 is 2.53 bits per heavy atom. The first-order valence-electron chi connectivity index (χ1n) is 9.98. The summed E-state index contributed by atoms with van der Waals surface area (Å²) in [7, 11) is 0. The number of benzene rings is 1. The third kappa shape index (κ3) is 3.90. The zero-order chi connectivity index (χ0) is 20.0. The molecule has 2 fully saturated rings. The average molecular weight is 450 g/mol. The number of nitrogens with one attached hydrogen (secondary N) is 3. The van der Waals surface area contributed by atoms with Crippen LogP contribution in [0, 0.1) is 0 Å². The van der Waals surface area contributed by atoms with E-state index in [9.17, 15) is 15.0 Å². The molecule has 3 atom stereocenters. The molecule has 0 aliphatic heterocycles. The number of aromatic amines is 1. The van der Waals surface area contributed by atoms with Gasteiger partial charge in [-0.1, -0.05) is 12.1 Å². The molecule has 0 spiro atoms. The molecule has 2 aromatic heterocycles. The maximum absolute atomic E-state index is 13.0. The summed E-state index contributed by atoms with van der Waals surface area (Å²) in [5.41, 5.74) is 0.904. The summed E-state index contributed by atoms with van der Waals surface area (Å²) in [5.74, 6) is 0.799. The molecule has 160 valence electrons. The number of fused-ring (bicyclic) bond motifs is 1. The Balaban J connectivity index is 0.00000218. The molecular formula is C20H24ClN5O3S. The molecule has 3 aromatic rings. The zero-order valence-electron chi connectivity index (χ0n) is 16.2. The number of thiazole rings is 1.